The molecule has 1 fully saturated rings. The summed E-state index contributed by atoms with van der Waals surface area (Å²) in [6.07, 6.45) is 1.84. The van der Waals surface area contributed by atoms with E-state index in [9.17, 15) is 4.79 Å². The number of aryl methyl sites for hydroxylation is 4. The van der Waals surface area contributed by atoms with Crippen molar-refractivity contribution < 1.29 is 4.79 Å². The normalized spacial score (nSPS) is 17.6. The number of aromatic nitrogens is 4. The number of rotatable bonds is 3. The monoisotopic (exact) mass is 342 g/mol. The zero-order chi connectivity index (χ0) is 18.1. The van der Waals surface area contributed by atoms with Crippen molar-refractivity contribution in [2.24, 2.45) is 13.0 Å². The number of nitrogens with one attached hydrogen (secondary N) is 1. The van der Waals surface area contributed by atoms with E-state index in [1.54, 1.807) is 4.68 Å². The average Bonchev–Trinajstić information content (AvgIpc) is 2.80. The van der Waals surface area contributed by atoms with Crippen molar-refractivity contribution in [2.45, 2.75) is 40.5 Å². The predicted molar refractivity (Wildman–Crippen MR) is 97.8 cm³/mol. The second kappa shape index (κ2) is 6.82. The molecule has 0 spiro atoms. The number of nitrogens with zero attached hydrogens (tertiary/aromatic N) is 5. The van der Waals surface area contributed by atoms with Crippen LogP contribution < -0.4 is 10.2 Å². The molecule has 1 saturated heterocycles. The molecule has 25 heavy (non-hydrogen) atoms. The van der Waals surface area contributed by atoms with E-state index in [4.69, 9.17) is 0 Å². The van der Waals surface area contributed by atoms with Crippen LogP contribution in [0.4, 0.5) is 11.6 Å². The molecule has 0 radical (unpaired) electrons. The summed E-state index contributed by atoms with van der Waals surface area (Å²) in [6, 6.07) is 1.96. The van der Waals surface area contributed by atoms with E-state index in [0.717, 1.165) is 53.8 Å². The van der Waals surface area contributed by atoms with Gasteiger partial charge >= 0.3 is 0 Å². The van der Waals surface area contributed by atoms with E-state index in [2.05, 4.69) is 25.3 Å². The molecule has 2 aromatic heterocycles. The lowest BCUT2D eigenvalue weighted by Crippen LogP contribution is -2.41. The van der Waals surface area contributed by atoms with E-state index < -0.39 is 0 Å². The molecule has 7 nitrogen and oxygen atoms in total. The van der Waals surface area contributed by atoms with Gasteiger partial charge in [0.25, 0.3) is 0 Å². The van der Waals surface area contributed by atoms with Crippen LogP contribution in [0.5, 0.6) is 0 Å². The highest BCUT2D eigenvalue weighted by atomic mass is 16.1. The quantitative estimate of drug-likeness (QED) is 0.926. The molecule has 1 aliphatic rings. The fraction of sp³-hybridized carbons (Fsp3) is 0.556. The Morgan fingerprint density at radius 1 is 1.20 bits per heavy atom. The van der Waals surface area contributed by atoms with Crippen LogP contribution in [0.3, 0.4) is 0 Å². The maximum absolute atomic E-state index is 12.8. The first-order valence-corrected chi connectivity index (χ1v) is 8.73. The summed E-state index contributed by atoms with van der Waals surface area (Å²) in [5.74, 6) is 0.703. The van der Waals surface area contributed by atoms with Gasteiger partial charge in [-0.1, -0.05) is 0 Å². The van der Waals surface area contributed by atoms with Gasteiger partial charge in [-0.15, -0.1) is 0 Å². The molecule has 1 aliphatic heterocycles. The molecule has 1 amide bonds. The minimum absolute atomic E-state index is 0.0493. The van der Waals surface area contributed by atoms with Gasteiger partial charge in [0.2, 0.25) is 11.9 Å². The SMILES string of the molecule is Cc1cc(C)nc(N2CCCC(C(=O)Nc3c(C)nn(C)c3C)C2)n1. The lowest BCUT2D eigenvalue weighted by molar-refractivity contribution is -0.120. The van der Waals surface area contributed by atoms with Crippen LogP contribution in [0.25, 0.3) is 0 Å². The molecule has 3 rings (SSSR count). The third-order valence-corrected chi connectivity index (χ3v) is 4.80. The molecular weight excluding hydrogens is 316 g/mol. The van der Waals surface area contributed by atoms with Crippen molar-refractivity contribution in [1.82, 2.24) is 19.7 Å². The smallest absolute Gasteiger partial charge is 0.229 e. The minimum atomic E-state index is -0.0721. The number of piperidine rings is 1. The largest absolute Gasteiger partial charge is 0.340 e. The lowest BCUT2D eigenvalue weighted by atomic mass is 9.97. The Morgan fingerprint density at radius 2 is 1.88 bits per heavy atom. The summed E-state index contributed by atoms with van der Waals surface area (Å²) in [7, 11) is 1.89. The minimum Gasteiger partial charge on any atom is -0.340 e. The molecule has 2 aromatic rings. The van der Waals surface area contributed by atoms with E-state index in [-0.39, 0.29) is 11.8 Å². The van der Waals surface area contributed by atoms with Gasteiger partial charge in [0, 0.05) is 31.5 Å². The van der Waals surface area contributed by atoms with Gasteiger partial charge in [-0.3, -0.25) is 9.48 Å². The zero-order valence-electron chi connectivity index (χ0n) is 15.6. The van der Waals surface area contributed by atoms with Gasteiger partial charge in [0.05, 0.1) is 23.0 Å². The summed E-state index contributed by atoms with van der Waals surface area (Å²) >= 11 is 0. The predicted octanol–water partition coefficient (Wildman–Crippen LogP) is 2.30. The van der Waals surface area contributed by atoms with Crippen molar-refractivity contribution in [2.75, 3.05) is 23.3 Å². The highest BCUT2D eigenvalue weighted by Gasteiger charge is 2.28. The Hall–Kier alpha value is -2.44. The second-order valence-electron chi connectivity index (χ2n) is 6.89. The molecular formula is C18H26N6O. The van der Waals surface area contributed by atoms with Crippen molar-refractivity contribution in [1.29, 1.82) is 0 Å². The number of carbonyl (C=O) groups excluding carboxylic acids is 1. The Labute approximate surface area is 148 Å². The summed E-state index contributed by atoms with van der Waals surface area (Å²) in [5.41, 5.74) is 4.55. The van der Waals surface area contributed by atoms with Crippen LogP contribution in [0.15, 0.2) is 6.07 Å². The molecule has 1 N–H and O–H groups in total. The van der Waals surface area contributed by atoms with Gasteiger partial charge in [-0.2, -0.15) is 5.10 Å². The summed E-state index contributed by atoms with van der Waals surface area (Å²) in [4.78, 5) is 24.0. The molecule has 0 aromatic carbocycles. The molecule has 1 atom stereocenters. The van der Waals surface area contributed by atoms with Crippen LogP contribution in [-0.4, -0.2) is 38.7 Å². The van der Waals surface area contributed by atoms with Crippen molar-refractivity contribution in [3.8, 4) is 0 Å². The van der Waals surface area contributed by atoms with Crippen LogP contribution >= 0.6 is 0 Å². The first-order valence-electron chi connectivity index (χ1n) is 8.73. The molecule has 1 unspecified atom stereocenters. The van der Waals surface area contributed by atoms with Crippen molar-refractivity contribution >= 4 is 17.5 Å². The molecule has 7 heteroatoms. The average molecular weight is 342 g/mol. The first-order chi connectivity index (χ1) is 11.8. The fourth-order valence-electron chi connectivity index (χ4n) is 3.40. The van der Waals surface area contributed by atoms with Gasteiger partial charge in [-0.25, -0.2) is 9.97 Å². The van der Waals surface area contributed by atoms with Gasteiger partial charge < -0.3 is 10.2 Å². The summed E-state index contributed by atoms with van der Waals surface area (Å²) in [5, 5.41) is 7.44. The maximum atomic E-state index is 12.8. The van der Waals surface area contributed by atoms with Gasteiger partial charge in [0.15, 0.2) is 0 Å². The van der Waals surface area contributed by atoms with Gasteiger partial charge in [0.1, 0.15) is 0 Å². The number of anilines is 2. The van der Waals surface area contributed by atoms with E-state index in [1.165, 1.54) is 0 Å². The summed E-state index contributed by atoms with van der Waals surface area (Å²) < 4.78 is 1.79. The standard InChI is InChI=1S/C18H26N6O/c1-11-9-12(2)20-18(19-11)24-8-6-7-15(10-24)17(25)21-16-13(3)22-23(5)14(16)4/h9,15H,6-8,10H2,1-5H3,(H,21,25). The van der Waals surface area contributed by atoms with Crippen LogP contribution in [0.1, 0.15) is 35.6 Å². The highest BCUT2D eigenvalue weighted by Crippen LogP contribution is 2.24. The van der Waals surface area contributed by atoms with Gasteiger partial charge in [-0.05, 0) is 46.6 Å². The third kappa shape index (κ3) is 3.65. The Balaban J connectivity index is 1.73. The van der Waals surface area contributed by atoms with Crippen LogP contribution in [0, 0.1) is 33.6 Å². The van der Waals surface area contributed by atoms with Crippen molar-refractivity contribution in [3.63, 3.8) is 0 Å². The molecule has 3 heterocycles. The van der Waals surface area contributed by atoms with Crippen LogP contribution in [0.2, 0.25) is 0 Å². The van der Waals surface area contributed by atoms with Crippen molar-refractivity contribution in [3.05, 3.63) is 28.8 Å². The maximum Gasteiger partial charge on any atom is 0.229 e. The molecule has 134 valence electrons. The summed E-state index contributed by atoms with van der Waals surface area (Å²) in [6.45, 7) is 9.36. The second-order valence-corrected chi connectivity index (χ2v) is 6.89. The highest BCUT2D eigenvalue weighted by molar-refractivity contribution is 5.94. The first kappa shape index (κ1) is 17.4. The molecule has 0 aliphatic carbocycles. The Bertz CT molecular complexity index is 777. The van der Waals surface area contributed by atoms with E-state index in [0.29, 0.717) is 6.54 Å². The number of hydrogen-bond acceptors (Lipinski definition) is 5. The zero-order valence-corrected chi connectivity index (χ0v) is 15.6. The van der Waals surface area contributed by atoms with E-state index >= 15 is 0 Å². The topological polar surface area (TPSA) is 75.9 Å². The number of hydrogen-bond donors (Lipinski definition) is 1. The van der Waals surface area contributed by atoms with E-state index in [1.807, 2.05) is 40.8 Å². The van der Waals surface area contributed by atoms with Crippen LogP contribution in [-0.2, 0) is 11.8 Å². The molecule has 0 saturated carbocycles. The molecule has 0 bridgehead atoms. The Kier molecular flexibility index (Phi) is 4.74. The number of carbonyl (C=O) groups is 1. The Morgan fingerprint density at radius 3 is 2.48 bits per heavy atom. The lowest BCUT2D eigenvalue weighted by Gasteiger charge is -2.32. The third-order valence-electron chi connectivity index (χ3n) is 4.80. The fourth-order valence-corrected chi connectivity index (χ4v) is 3.40. The number of amides is 1.